The molecule has 0 aromatic carbocycles. The summed E-state index contributed by atoms with van der Waals surface area (Å²) in [7, 11) is 0. The number of nitrogens with two attached hydrogens (primary N) is 1. The molecule has 3 N–H and O–H groups in total. The molecule has 1 saturated carbocycles. The summed E-state index contributed by atoms with van der Waals surface area (Å²) < 4.78 is 5.46. The van der Waals surface area contributed by atoms with Gasteiger partial charge in [0.15, 0.2) is 0 Å². The van der Waals surface area contributed by atoms with Crippen LogP contribution in [-0.2, 0) is 9.53 Å². The number of hydrogen-bond acceptors (Lipinski definition) is 3. The molecule has 88 valence electrons. The SMILES string of the molecule is CCOC1CC(CC(=O)O)(C(C)(C)N)C1. The Morgan fingerprint density at radius 2 is 2.13 bits per heavy atom. The van der Waals surface area contributed by atoms with Crippen LogP contribution >= 0.6 is 0 Å². The number of carboxylic acid groups (broad SMARTS) is 1. The van der Waals surface area contributed by atoms with Gasteiger partial charge in [-0.25, -0.2) is 0 Å². The summed E-state index contributed by atoms with van der Waals surface area (Å²) in [6.45, 7) is 6.43. The zero-order valence-electron chi connectivity index (χ0n) is 9.75. The first-order chi connectivity index (χ1) is 6.81. The highest BCUT2D eigenvalue weighted by Gasteiger charge is 2.53. The van der Waals surface area contributed by atoms with Crippen molar-refractivity contribution in [2.45, 2.75) is 51.7 Å². The third-order valence-corrected chi connectivity index (χ3v) is 3.50. The van der Waals surface area contributed by atoms with Crippen LogP contribution in [0.25, 0.3) is 0 Å². The maximum Gasteiger partial charge on any atom is 0.303 e. The second-order valence-electron chi connectivity index (χ2n) is 5.06. The molecular weight excluding hydrogens is 194 g/mol. The monoisotopic (exact) mass is 215 g/mol. The molecule has 0 amide bonds. The van der Waals surface area contributed by atoms with Gasteiger partial charge in [-0.3, -0.25) is 4.79 Å². The maximum absolute atomic E-state index is 10.8. The molecule has 0 bridgehead atoms. The number of aliphatic carboxylic acids is 1. The number of hydrogen-bond donors (Lipinski definition) is 2. The smallest absolute Gasteiger partial charge is 0.303 e. The lowest BCUT2D eigenvalue weighted by Crippen LogP contribution is -2.60. The second-order valence-corrected chi connectivity index (χ2v) is 5.06. The Morgan fingerprint density at radius 3 is 2.47 bits per heavy atom. The highest BCUT2D eigenvalue weighted by Crippen LogP contribution is 2.51. The molecule has 0 atom stereocenters. The molecule has 15 heavy (non-hydrogen) atoms. The minimum absolute atomic E-state index is 0.139. The standard InChI is InChI=1S/C11H21NO3/c1-4-15-8-5-11(6-8,7-9(13)14)10(2,3)12/h8H,4-7,12H2,1-3H3,(H,13,14). The number of carboxylic acids is 1. The maximum atomic E-state index is 10.8. The Morgan fingerprint density at radius 1 is 1.60 bits per heavy atom. The minimum atomic E-state index is -0.775. The van der Waals surface area contributed by atoms with Crippen molar-refractivity contribution < 1.29 is 14.6 Å². The van der Waals surface area contributed by atoms with E-state index in [9.17, 15) is 4.79 Å². The van der Waals surface area contributed by atoms with Crippen molar-refractivity contribution in [3.05, 3.63) is 0 Å². The fourth-order valence-corrected chi connectivity index (χ4v) is 2.35. The van der Waals surface area contributed by atoms with Crippen molar-refractivity contribution >= 4 is 5.97 Å². The van der Waals surface area contributed by atoms with Gasteiger partial charge >= 0.3 is 5.97 Å². The predicted octanol–water partition coefficient (Wildman–Crippen LogP) is 1.38. The first-order valence-corrected chi connectivity index (χ1v) is 5.43. The highest BCUT2D eigenvalue weighted by molar-refractivity contribution is 5.68. The Hall–Kier alpha value is -0.610. The minimum Gasteiger partial charge on any atom is -0.481 e. The van der Waals surface area contributed by atoms with Gasteiger partial charge < -0.3 is 15.6 Å². The quantitative estimate of drug-likeness (QED) is 0.726. The number of carbonyl (C=O) groups is 1. The molecule has 1 rings (SSSR count). The van der Waals surface area contributed by atoms with Gasteiger partial charge in [0, 0.05) is 17.6 Å². The fraction of sp³-hybridized carbons (Fsp3) is 0.909. The van der Waals surface area contributed by atoms with Crippen LogP contribution < -0.4 is 5.73 Å². The molecule has 0 saturated heterocycles. The first kappa shape index (κ1) is 12.5. The van der Waals surface area contributed by atoms with E-state index in [1.165, 1.54) is 0 Å². The summed E-state index contributed by atoms with van der Waals surface area (Å²) in [4.78, 5) is 10.8. The molecule has 0 unspecified atom stereocenters. The van der Waals surface area contributed by atoms with E-state index >= 15 is 0 Å². The second kappa shape index (κ2) is 4.10. The summed E-state index contributed by atoms with van der Waals surface area (Å²) in [5.41, 5.74) is 5.31. The van der Waals surface area contributed by atoms with E-state index in [1.54, 1.807) is 0 Å². The Bertz CT molecular complexity index is 239. The molecule has 0 heterocycles. The van der Waals surface area contributed by atoms with Gasteiger partial charge in [0.25, 0.3) is 0 Å². The van der Waals surface area contributed by atoms with Crippen LogP contribution in [0.15, 0.2) is 0 Å². The summed E-state index contributed by atoms with van der Waals surface area (Å²) in [6.07, 6.45) is 1.85. The third-order valence-electron chi connectivity index (χ3n) is 3.50. The van der Waals surface area contributed by atoms with Crippen LogP contribution in [0, 0.1) is 5.41 Å². The van der Waals surface area contributed by atoms with Gasteiger partial charge in [-0.1, -0.05) is 0 Å². The van der Waals surface area contributed by atoms with Gasteiger partial charge in [-0.2, -0.15) is 0 Å². The molecule has 0 aromatic heterocycles. The topological polar surface area (TPSA) is 72.5 Å². The molecule has 4 nitrogen and oxygen atoms in total. The van der Waals surface area contributed by atoms with E-state index in [4.69, 9.17) is 15.6 Å². The highest BCUT2D eigenvalue weighted by atomic mass is 16.5. The van der Waals surface area contributed by atoms with Crippen molar-refractivity contribution in [1.29, 1.82) is 0 Å². The van der Waals surface area contributed by atoms with Gasteiger partial charge in [0.2, 0.25) is 0 Å². The fourth-order valence-electron chi connectivity index (χ4n) is 2.35. The lowest BCUT2D eigenvalue weighted by atomic mass is 9.55. The van der Waals surface area contributed by atoms with Crippen LogP contribution in [0.2, 0.25) is 0 Å². The third kappa shape index (κ3) is 2.49. The van der Waals surface area contributed by atoms with Crippen LogP contribution in [0.4, 0.5) is 0 Å². The molecule has 1 aliphatic carbocycles. The number of rotatable bonds is 5. The molecule has 0 radical (unpaired) electrons. The van der Waals surface area contributed by atoms with E-state index < -0.39 is 11.5 Å². The summed E-state index contributed by atoms with van der Waals surface area (Å²) in [6, 6.07) is 0. The van der Waals surface area contributed by atoms with E-state index in [0.29, 0.717) is 6.61 Å². The number of ether oxygens (including phenoxy) is 1. The van der Waals surface area contributed by atoms with Crippen LogP contribution in [0.5, 0.6) is 0 Å². The molecule has 1 fully saturated rings. The van der Waals surface area contributed by atoms with Crippen LogP contribution in [-0.4, -0.2) is 29.3 Å². The van der Waals surface area contributed by atoms with Crippen LogP contribution in [0.1, 0.15) is 40.0 Å². The van der Waals surface area contributed by atoms with Crippen molar-refractivity contribution in [2.75, 3.05) is 6.61 Å². The van der Waals surface area contributed by atoms with E-state index in [1.807, 2.05) is 20.8 Å². The van der Waals surface area contributed by atoms with Crippen molar-refractivity contribution in [3.8, 4) is 0 Å². The summed E-state index contributed by atoms with van der Waals surface area (Å²) in [5.74, 6) is -0.775. The Labute approximate surface area is 90.8 Å². The van der Waals surface area contributed by atoms with Gasteiger partial charge in [0.05, 0.1) is 12.5 Å². The largest absolute Gasteiger partial charge is 0.481 e. The Balaban J connectivity index is 2.64. The molecule has 0 spiro atoms. The van der Waals surface area contributed by atoms with Crippen molar-refractivity contribution in [2.24, 2.45) is 11.1 Å². The lowest BCUT2D eigenvalue weighted by molar-refractivity contribution is -0.153. The lowest BCUT2D eigenvalue weighted by Gasteiger charge is -2.54. The van der Waals surface area contributed by atoms with Crippen LogP contribution in [0.3, 0.4) is 0 Å². The first-order valence-electron chi connectivity index (χ1n) is 5.43. The van der Waals surface area contributed by atoms with E-state index in [2.05, 4.69) is 0 Å². The van der Waals surface area contributed by atoms with Crippen molar-refractivity contribution in [3.63, 3.8) is 0 Å². The summed E-state index contributed by atoms with van der Waals surface area (Å²) in [5, 5.41) is 8.90. The average molecular weight is 215 g/mol. The summed E-state index contributed by atoms with van der Waals surface area (Å²) >= 11 is 0. The predicted molar refractivity (Wildman–Crippen MR) is 57.6 cm³/mol. The van der Waals surface area contributed by atoms with Gasteiger partial charge in [0.1, 0.15) is 0 Å². The average Bonchev–Trinajstić information content (AvgIpc) is 1.97. The molecule has 0 aromatic rings. The molecule has 0 aliphatic heterocycles. The zero-order chi connectivity index (χ0) is 11.7. The molecular formula is C11H21NO3. The molecule has 4 heteroatoms. The zero-order valence-corrected chi connectivity index (χ0v) is 9.75. The normalized spacial score (nSPS) is 31.1. The van der Waals surface area contributed by atoms with Gasteiger partial charge in [-0.05, 0) is 33.6 Å². The van der Waals surface area contributed by atoms with Crippen molar-refractivity contribution in [1.82, 2.24) is 0 Å². The van der Waals surface area contributed by atoms with E-state index in [-0.39, 0.29) is 17.9 Å². The Kier molecular flexibility index (Phi) is 3.41. The van der Waals surface area contributed by atoms with E-state index in [0.717, 1.165) is 12.8 Å². The van der Waals surface area contributed by atoms with Gasteiger partial charge in [-0.15, -0.1) is 0 Å². The molecule has 1 aliphatic rings.